The number of benzene rings is 2. The number of hydrogen-bond acceptors (Lipinski definition) is 0. The Bertz CT molecular complexity index is 722. The number of hydrogen-bond donors (Lipinski definition) is 0. The Labute approximate surface area is 122 Å². The van der Waals surface area contributed by atoms with Crippen molar-refractivity contribution < 1.29 is 35.1 Å². The van der Waals surface area contributed by atoms with E-state index >= 15 is 0 Å². The SMILES string of the molecule is Fc1c(F)c(F)c(-c2cc(C(F)(F)F)ccc2Cl)c(F)c1F. The van der Waals surface area contributed by atoms with Crippen LogP contribution in [0, 0.1) is 29.1 Å². The van der Waals surface area contributed by atoms with Crippen molar-refractivity contribution >= 4 is 11.6 Å². The molecule has 0 saturated heterocycles. The maximum absolute atomic E-state index is 13.6. The Morgan fingerprint density at radius 3 is 1.64 bits per heavy atom. The third-order valence-electron chi connectivity index (χ3n) is 2.77. The molecule has 0 amide bonds. The fraction of sp³-hybridized carbons (Fsp3) is 0.0769. The highest BCUT2D eigenvalue weighted by Gasteiger charge is 2.33. The first-order chi connectivity index (χ1) is 10.1. The summed E-state index contributed by atoms with van der Waals surface area (Å²) in [7, 11) is 0. The lowest BCUT2D eigenvalue weighted by molar-refractivity contribution is -0.137. The molecular formula is C13H3ClF8. The zero-order chi connectivity index (χ0) is 16.8. The van der Waals surface area contributed by atoms with Crippen molar-refractivity contribution in [2.24, 2.45) is 0 Å². The van der Waals surface area contributed by atoms with E-state index in [1.54, 1.807) is 0 Å². The van der Waals surface area contributed by atoms with Crippen molar-refractivity contribution in [3.05, 3.63) is 57.9 Å². The van der Waals surface area contributed by atoms with Crippen LogP contribution in [-0.4, -0.2) is 0 Å². The van der Waals surface area contributed by atoms with Crippen molar-refractivity contribution in [2.45, 2.75) is 6.18 Å². The largest absolute Gasteiger partial charge is 0.416 e. The number of rotatable bonds is 1. The van der Waals surface area contributed by atoms with E-state index in [2.05, 4.69) is 0 Å². The fourth-order valence-corrected chi connectivity index (χ4v) is 1.95. The third-order valence-corrected chi connectivity index (χ3v) is 3.10. The van der Waals surface area contributed by atoms with Crippen molar-refractivity contribution in [3.63, 3.8) is 0 Å². The third kappa shape index (κ3) is 2.63. The van der Waals surface area contributed by atoms with Gasteiger partial charge in [-0.15, -0.1) is 0 Å². The molecule has 0 fully saturated rings. The van der Waals surface area contributed by atoms with Gasteiger partial charge in [0.05, 0.1) is 11.1 Å². The van der Waals surface area contributed by atoms with Gasteiger partial charge in [-0.3, -0.25) is 0 Å². The maximum atomic E-state index is 13.6. The first-order valence-corrected chi connectivity index (χ1v) is 5.82. The molecule has 118 valence electrons. The van der Waals surface area contributed by atoms with Crippen LogP contribution in [0.2, 0.25) is 5.02 Å². The van der Waals surface area contributed by atoms with Crippen molar-refractivity contribution in [2.75, 3.05) is 0 Å². The van der Waals surface area contributed by atoms with E-state index < -0.39 is 57.0 Å². The van der Waals surface area contributed by atoms with Crippen LogP contribution in [-0.2, 0) is 6.18 Å². The Morgan fingerprint density at radius 2 is 1.18 bits per heavy atom. The van der Waals surface area contributed by atoms with Gasteiger partial charge in [0.2, 0.25) is 5.82 Å². The van der Waals surface area contributed by atoms with Crippen LogP contribution in [0.15, 0.2) is 18.2 Å². The monoisotopic (exact) mass is 346 g/mol. The molecule has 2 aromatic carbocycles. The highest BCUT2D eigenvalue weighted by molar-refractivity contribution is 6.33. The van der Waals surface area contributed by atoms with Gasteiger partial charge < -0.3 is 0 Å². The topological polar surface area (TPSA) is 0 Å². The number of alkyl halides is 3. The standard InChI is InChI=1S/C13H3ClF8/c14-6-2-1-4(13(20,21)22)3-5(6)7-8(15)10(17)12(19)11(18)9(7)16/h1-3H. The Kier molecular flexibility index (Phi) is 4.08. The van der Waals surface area contributed by atoms with Crippen LogP contribution in [0.5, 0.6) is 0 Å². The zero-order valence-corrected chi connectivity index (χ0v) is 10.9. The quantitative estimate of drug-likeness (QED) is 0.352. The highest BCUT2D eigenvalue weighted by atomic mass is 35.5. The molecule has 0 aromatic heterocycles. The second-order valence-electron chi connectivity index (χ2n) is 4.14. The van der Waals surface area contributed by atoms with E-state index in [1.165, 1.54) is 0 Å². The molecular weight excluding hydrogens is 344 g/mol. The molecule has 2 rings (SSSR count). The predicted octanol–water partition coefficient (Wildman–Crippen LogP) is 5.72. The van der Waals surface area contributed by atoms with Crippen LogP contribution in [0.3, 0.4) is 0 Å². The van der Waals surface area contributed by atoms with E-state index in [4.69, 9.17) is 11.6 Å². The van der Waals surface area contributed by atoms with Gasteiger partial charge in [-0.1, -0.05) is 11.6 Å². The lowest BCUT2D eigenvalue weighted by atomic mass is 10.0. The molecule has 0 aliphatic rings. The zero-order valence-electron chi connectivity index (χ0n) is 10.1. The molecule has 0 nitrogen and oxygen atoms in total. The molecule has 0 N–H and O–H groups in total. The van der Waals surface area contributed by atoms with E-state index in [0.29, 0.717) is 12.1 Å². The van der Waals surface area contributed by atoms with Crippen LogP contribution in [0.25, 0.3) is 11.1 Å². The minimum absolute atomic E-state index is 0.209. The molecule has 0 bridgehead atoms. The summed E-state index contributed by atoms with van der Waals surface area (Å²) >= 11 is 5.53. The molecule has 0 radical (unpaired) electrons. The van der Waals surface area contributed by atoms with Crippen LogP contribution in [0.4, 0.5) is 35.1 Å². The van der Waals surface area contributed by atoms with E-state index in [0.717, 1.165) is 0 Å². The van der Waals surface area contributed by atoms with Crippen LogP contribution >= 0.6 is 11.6 Å². The number of halogens is 9. The highest BCUT2D eigenvalue weighted by Crippen LogP contribution is 2.39. The van der Waals surface area contributed by atoms with Gasteiger partial charge >= 0.3 is 6.18 Å². The molecule has 0 aliphatic carbocycles. The Balaban J connectivity index is 2.83. The van der Waals surface area contributed by atoms with Gasteiger partial charge in [-0.2, -0.15) is 13.2 Å². The Hall–Kier alpha value is -1.83. The van der Waals surface area contributed by atoms with E-state index in [9.17, 15) is 35.1 Å². The fourth-order valence-electron chi connectivity index (χ4n) is 1.73. The summed E-state index contributed by atoms with van der Waals surface area (Å²) in [6.07, 6.45) is -4.89. The van der Waals surface area contributed by atoms with Crippen LogP contribution in [0.1, 0.15) is 5.56 Å². The summed E-state index contributed by atoms with van der Waals surface area (Å²) in [5, 5.41) is -0.601. The first kappa shape index (κ1) is 16.5. The molecule has 0 aliphatic heterocycles. The van der Waals surface area contributed by atoms with Crippen molar-refractivity contribution in [1.29, 1.82) is 0 Å². The average molecular weight is 347 g/mol. The van der Waals surface area contributed by atoms with E-state index in [-0.39, 0.29) is 6.07 Å². The normalized spacial score (nSPS) is 11.9. The lowest BCUT2D eigenvalue weighted by Gasteiger charge is -2.13. The van der Waals surface area contributed by atoms with Gasteiger partial charge in [0.1, 0.15) is 0 Å². The summed E-state index contributed by atoms with van der Waals surface area (Å²) in [6.45, 7) is 0. The summed E-state index contributed by atoms with van der Waals surface area (Å²) in [5.41, 5.74) is -3.83. The molecule has 0 spiro atoms. The van der Waals surface area contributed by atoms with Gasteiger partial charge in [-0.05, 0) is 18.2 Å². The maximum Gasteiger partial charge on any atom is 0.416 e. The average Bonchev–Trinajstić information content (AvgIpc) is 2.44. The van der Waals surface area contributed by atoms with Gasteiger partial charge in [0.25, 0.3) is 0 Å². The summed E-state index contributed by atoms with van der Waals surface area (Å²) < 4.78 is 104. The molecule has 2 aromatic rings. The summed E-state index contributed by atoms with van der Waals surface area (Å²) in [6, 6.07) is 1.37. The second-order valence-corrected chi connectivity index (χ2v) is 4.54. The molecule has 0 unspecified atom stereocenters. The van der Waals surface area contributed by atoms with Crippen LogP contribution < -0.4 is 0 Å². The van der Waals surface area contributed by atoms with Gasteiger partial charge in [0, 0.05) is 10.6 Å². The summed E-state index contributed by atoms with van der Waals surface area (Å²) in [5.74, 6) is -11.5. The molecule has 22 heavy (non-hydrogen) atoms. The Morgan fingerprint density at radius 1 is 0.727 bits per heavy atom. The first-order valence-electron chi connectivity index (χ1n) is 5.44. The van der Waals surface area contributed by atoms with Crippen molar-refractivity contribution in [1.82, 2.24) is 0 Å². The van der Waals surface area contributed by atoms with Gasteiger partial charge in [-0.25, -0.2) is 22.0 Å². The second kappa shape index (κ2) is 5.42. The molecule has 0 atom stereocenters. The molecule has 9 heteroatoms. The predicted molar refractivity (Wildman–Crippen MR) is 61.7 cm³/mol. The molecule has 0 saturated carbocycles. The van der Waals surface area contributed by atoms with Gasteiger partial charge in [0.15, 0.2) is 23.3 Å². The molecule has 0 heterocycles. The lowest BCUT2D eigenvalue weighted by Crippen LogP contribution is -2.07. The summed E-state index contributed by atoms with van der Waals surface area (Å²) in [4.78, 5) is 0. The minimum Gasteiger partial charge on any atom is -0.203 e. The van der Waals surface area contributed by atoms with Crippen molar-refractivity contribution in [3.8, 4) is 11.1 Å². The minimum atomic E-state index is -4.89. The smallest absolute Gasteiger partial charge is 0.203 e. The van der Waals surface area contributed by atoms with E-state index in [1.807, 2.05) is 0 Å².